The minimum Gasteiger partial charge on any atom is -0.497 e. The van der Waals surface area contributed by atoms with Crippen molar-refractivity contribution in [2.75, 3.05) is 41.5 Å². The van der Waals surface area contributed by atoms with Crippen LogP contribution in [-0.2, 0) is 20.6 Å². The Morgan fingerprint density at radius 2 is 1.94 bits per heavy atom. The molecule has 1 aromatic rings. The van der Waals surface area contributed by atoms with Crippen molar-refractivity contribution in [2.24, 2.45) is 11.3 Å². The number of hydrogen-bond donors (Lipinski definition) is 0. The number of benzene rings is 1. The topological polar surface area (TPSA) is 71.8 Å². The van der Waals surface area contributed by atoms with Gasteiger partial charge in [-0.05, 0) is 74.5 Å². The van der Waals surface area contributed by atoms with E-state index in [4.69, 9.17) is 14.2 Å². The van der Waals surface area contributed by atoms with Crippen molar-refractivity contribution in [1.29, 1.82) is 5.26 Å². The summed E-state index contributed by atoms with van der Waals surface area (Å²) in [7, 11) is 6.80. The highest BCUT2D eigenvalue weighted by Crippen LogP contribution is 2.45. The molecule has 0 aliphatic heterocycles. The molecule has 0 N–H and O–H groups in total. The monoisotopic (exact) mass is 454 g/mol. The number of hydrogen-bond acceptors (Lipinski definition) is 6. The van der Waals surface area contributed by atoms with Gasteiger partial charge >= 0.3 is 5.97 Å². The predicted octanol–water partition coefficient (Wildman–Crippen LogP) is 5.12. The van der Waals surface area contributed by atoms with Crippen LogP contribution in [0.5, 0.6) is 0 Å². The van der Waals surface area contributed by atoms with Crippen molar-refractivity contribution in [3.63, 3.8) is 0 Å². The summed E-state index contributed by atoms with van der Waals surface area (Å²) in [5, 5.41) is 10.3. The van der Waals surface area contributed by atoms with Crippen LogP contribution in [0.2, 0.25) is 0 Å². The Bertz CT molecular complexity index is 913. The Balaban J connectivity index is 2.00. The molecule has 0 saturated carbocycles. The number of nitriles is 1. The molecule has 180 valence electrons. The van der Waals surface area contributed by atoms with Gasteiger partial charge in [0, 0.05) is 13.0 Å². The SMILES string of the molecule is COC(=O)c1cccc(CCN(C)CCCC(C#N)(C2=CC(OC)=C(OC)CC2)C(C)C)c1. The van der Waals surface area contributed by atoms with Crippen LogP contribution in [0.1, 0.15) is 55.5 Å². The molecule has 0 heterocycles. The van der Waals surface area contributed by atoms with Crippen molar-refractivity contribution < 1.29 is 19.0 Å². The van der Waals surface area contributed by atoms with Gasteiger partial charge in [-0.15, -0.1) is 0 Å². The van der Waals surface area contributed by atoms with Crippen molar-refractivity contribution in [1.82, 2.24) is 4.90 Å². The lowest BCUT2D eigenvalue weighted by molar-refractivity contribution is 0.0600. The first-order valence-corrected chi connectivity index (χ1v) is 11.6. The normalized spacial score (nSPS) is 15.7. The smallest absolute Gasteiger partial charge is 0.337 e. The molecule has 6 nitrogen and oxygen atoms in total. The summed E-state index contributed by atoms with van der Waals surface area (Å²) in [6.45, 7) is 6.03. The fourth-order valence-corrected chi connectivity index (χ4v) is 4.52. The second-order valence-corrected chi connectivity index (χ2v) is 8.95. The molecule has 0 bridgehead atoms. The van der Waals surface area contributed by atoms with Crippen LogP contribution in [0.25, 0.3) is 0 Å². The third-order valence-electron chi connectivity index (χ3n) is 6.67. The molecule has 1 aliphatic carbocycles. The zero-order valence-electron chi connectivity index (χ0n) is 20.9. The average molecular weight is 455 g/mol. The molecule has 0 saturated heterocycles. The molecule has 1 aromatic carbocycles. The van der Waals surface area contributed by atoms with Gasteiger partial charge in [-0.25, -0.2) is 4.79 Å². The van der Waals surface area contributed by atoms with Crippen molar-refractivity contribution in [3.05, 3.63) is 58.6 Å². The lowest BCUT2D eigenvalue weighted by Crippen LogP contribution is -2.31. The van der Waals surface area contributed by atoms with Gasteiger partial charge in [0.05, 0.1) is 38.4 Å². The van der Waals surface area contributed by atoms with Crippen molar-refractivity contribution >= 4 is 5.97 Å². The first kappa shape index (κ1) is 26.5. The Labute approximate surface area is 198 Å². The first-order chi connectivity index (χ1) is 15.8. The lowest BCUT2D eigenvalue weighted by Gasteiger charge is -2.36. The number of carbonyl (C=O) groups excluding carboxylic acids is 1. The molecule has 1 atom stereocenters. The second kappa shape index (κ2) is 12.5. The number of likely N-dealkylation sites (N-methyl/N-ethyl adjacent to an activating group) is 1. The zero-order valence-corrected chi connectivity index (χ0v) is 20.9. The standard InChI is InChI=1S/C27H38N2O4/c1-20(2)27(19-28,23-11-12-24(31-4)25(18-23)32-5)14-8-15-29(3)16-13-21-9-7-10-22(17-21)26(30)33-6/h7,9-10,17-18,20H,8,11-16H2,1-6H3. The number of allylic oxidation sites excluding steroid dienone is 3. The first-order valence-electron chi connectivity index (χ1n) is 11.6. The Morgan fingerprint density at radius 3 is 2.55 bits per heavy atom. The molecule has 0 spiro atoms. The molecule has 0 aromatic heterocycles. The summed E-state index contributed by atoms with van der Waals surface area (Å²) in [6.07, 6.45) is 6.16. The molecule has 2 rings (SSSR count). The van der Waals surface area contributed by atoms with E-state index in [-0.39, 0.29) is 11.9 Å². The van der Waals surface area contributed by atoms with E-state index in [1.54, 1.807) is 20.3 Å². The van der Waals surface area contributed by atoms with Crippen molar-refractivity contribution in [2.45, 2.75) is 46.0 Å². The van der Waals surface area contributed by atoms with E-state index in [1.165, 1.54) is 7.11 Å². The maximum atomic E-state index is 11.7. The highest BCUT2D eigenvalue weighted by Gasteiger charge is 2.39. The molecule has 1 unspecified atom stereocenters. The van der Waals surface area contributed by atoms with Crippen LogP contribution in [0.15, 0.2) is 47.4 Å². The fourth-order valence-electron chi connectivity index (χ4n) is 4.52. The number of nitrogens with zero attached hydrogens (tertiary/aromatic N) is 2. The quantitative estimate of drug-likeness (QED) is 0.408. The summed E-state index contributed by atoms with van der Waals surface area (Å²) in [4.78, 5) is 14.0. The number of carbonyl (C=O) groups is 1. The van der Waals surface area contributed by atoms with E-state index < -0.39 is 5.41 Å². The number of rotatable bonds is 12. The molecule has 1 aliphatic rings. The molecule has 0 amide bonds. The molecular formula is C27H38N2O4. The molecule has 0 fully saturated rings. The van der Waals surface area contributed by atoms with E-state index in [0.717, 1.165) is 67.8 Å². The van der Waals surface area contributed by atoms with Gasteiger partial charge in [-0.3, -0.25) is 0 Å². The third-order valence-corrected chi connectivity index (χ3v) is 6.67. The van der Waals surface area contributed by atoms with Gasteiger partial charge in [0.15, 0.2) is 5.76 Å². The van der Waals surface area contributed by atoms with Gasteiger partial charge in [-0.2, -0.15) is 5.26 Å². The Morgan fingerprint density at radius 1 is 1.18 bits per heavy atom. The van der Waals surface area contributed by atoms with E-state index in [1.807, 2.05) is 24.3 Å². The second-order valence-electron chi connectivity index (χ2n) is 8.95. The fraction of sp³-hybridized carbons (Fsp3) is 0.556. The molecule has 0 radical (unpaired) electrons. The van der Waals surface area contributed by atoms with E-state index in [2.05, 4.69) is 31.9 Å². The lowest BCUT2D eigenvalue weighted by atomic mass is 9.67. The molecule has 6 heteroatoms. The molecular weight excluding hydrogens is 416 g/mol. The van der Waals surface area contributed by atoms with Crippen LogP contribution in [-0.4, -0.2) is 52.3 Å². The average Bonchev–Trinajstić information content (AvgIpc) is 2.84. The number of esters is 1. The van der Waals surface area contributed by atoms with Gasteiger partial charge < -0.3 is 19.1 Å². The minimum absolute atomic E-state index is 0.197. The number of methoxy groups -OCH3 is 3. The maximum absolute atomic E-state index is 11.7. The van der Waals surface area contributed by atoms with Crippen LogP contribution < -0.4 is 0 Å². The van der Waals surface area contributed by atoms with Crippen molar-refractivity contribution in [3.8, 4) is 6.07 Å². The molecule has 33 heavy (non-hydrogen) atoms. The van der Waals surface area contributed by atoms with E-state index in [9.17, 15) is 10.1 Å². The highest BCUT2D eigenvalue weighted by molar-refractivity contribution is 5.89. The van der Waals surface area contributed by atoms with E-state index >= 15 is 0 Å². The van der Waals surface area contributed by atoms with Gasteiger partial charge in [0.2, 0.25) is 0 Å². The summed E-state index contributed by atoms with van der Waals surface area (Å²) >= 11 is 0. The number of ether oxygens (including phenoxy) is 3. The Hall–Kier alpha value is -2.78. The third kappa shape index (κ3) is 6.61. The van der Waals surface area contributed by atoms with Gasteiger partial charge in [0.1, 0.15) is 5.76 Å². The van der Waals surface area contributed by atoms with Crippen LogP contribution in [0, 0.1) is 22.7 Å². The predicted molar refractivity (Wildman–Crippen MR) is 129 cm³/mol. The Kier molecular flexibility index (Phi) is 9.99. The minimum atomic E-state index is -0.515. The summed E-state index contributed by atoms with van der Waals surface area (Å²) in [6, 6.07) is 10.3. The zero-order chi connectivity index (χ0) is 24.4. The summed E-state index contributed by atoms with van der Waals surface area (Å²) in [5.74, 6) is 1.45. The van der Waals surface area contributed by atoms with E-state index in [0.29, 0.717) is 5.56 Å². The van der Waals surface area contributed by atoms with Crippen LogP contribution >= 0.6 is 0 Å². The highest BCUT2D eigenvalue weighted by atomic mass is 16.5. The van der Waals surface area contributed by atoms with Crippen LogP contribution in [0.3, 0.4) is 0 Å². The maximum Gasteiger partial charge on any atom is 0.337 e. The van der Waals surface area contributed by atoms with Gasteiger partial charge in [-0.1, -0.05) is 26.0 Å². The summed E-state index contributed by atoms with van der Waals surface area (Å²) < 4.78 is 15.8. The van der Waals surface area contributed by atoms with Crippen LogP contribution in [0.4, 0.5) is 0 Å². The largest absolute Gasteiger partial charge is 0.497 e. The van der Waals surface area contributed by atoms with Gasteiger partial charge in [0.25, 0.3) is 0 Å². The summed E-state index contributed by atoms with van der Waals surface area (Å²) in [5.41, 5.74) is 2.31.